The monoisotopic (exact) mass is 367 g/mol. The fourth-order valence-electron chi connectivity index (χ4n) is 2.76. The lowest BCUT2D eigenvalue weighted by molar-refractivity contribution is 0.0931. The zero-order chi connectivity index (χ0) is 19.8. The molecular formula is C23H29NO3. The van der Waals surface area contributed by atoms with E-state index in [2.05, 4.69) is 25.7 Å². The van der Waals surface area contributed by atoms with Gasteiger partial charge in [-0.05, 0) is 60.7 Å². The number of methoxy groups -OCH3 is 1. The second kappa shape index (κ2) is 9.81. The Balaban J connectivity index is 2.15. The van der Waals surface area contributed by atoms with Gasteiger partial charge in [0, 0.05) is 5.56 Å². The molecule has 0 unspecified atom stereocenters. The van der Waals surface area contributed by atoms with E-state index < -0.39 is 0 Å². The molecule has 1 amide bonds. The van der Waals surface area contributed by atoms with Crippen LogP contribution in [0.4, 0.5) is 0 Å². The van der Waals surface area contributed by atoms with Crippen LogP contribution in [-0.4, -0.2) is 19.6 Å². The molecule has 4 heteroatoms. The van der Waals surface area contributed by atoms with Crippen molar-refractivity contribution in [3.63, 3.8) is 0 Å². The standard InChI is InChI=1S/C23H29NO3/c1-16(2)13-22(18-9-11-20(26-5)12-10-18)24-23(25)19-7-6-8-21(14-19)27-15-17(3)4/h6-12,14,16,22H,3,13,15H2,1-2,4-5H3,(H,24,25)/t22-/m1/s1. The molecule has 0 aliphatic heterocycles. The fourth-order valence-corrected chi connectivity index (χ4v) is 2.76. The molecule has 0 saturated carbocycles. The predicted molar refractivity (Wildman–Crippen MR) is 109 cm³/mol. The number of nitrogens with one attached hydrogen (secondary N) is 1. The zero-order valence-electron chi connectivity index (χ0n) is 16.6. The summed E-state index contributed by atoms with van der Waals surface area (Å²) in [5.41, 5.74) is 2.57. The molecule has 0 radical (unpaired) electrons. The lowest BCUT2D eigenvalue weighted by Crippen LogP contribution is -2.29. The van der Waals surface area contributed by atoms with Crippen molar-refractivity contribution in [3.05, 3.63) is 71.8 Å². The molecule has 27 heavy (non-hydrogen) atoms. The number of hydrogen-bond donors (Lipinski definition) is 1. The van der Waals surface area contributed by atoms with Crippen LogP contribution in [0.3, 0.4) is 0 Å². The second-order valence-corrected chi connectivity index (χ2v) is 7.20. The van der Waals surface area contributed by atoms with E-state index >= 15 is 0 Å². The Labute approximate surface area is 162 Å². The Hall–Kier alpha value is -2.75. The third kappa shape index (κ3) is 6.48. The molecule has 0 fully saturated rings. The smallest absolute Gasteiger partial charge is 0.251 e. The Kier molecular flexibility index (Phi) is 7.47. The van der Waals surface area contributed by atoms with Gasteiger partial charge in [0.15, 0.2) is 0 Å². The van der Waals surface area contributed by atoms with Crippen LogP contribution in [-0.2, 0) is 0 Å². The summed E-state index contributed by atoms with van der Waals surface area (Å²) in [7, 11) is 1.64. The van der Waals surface area contributed by atoms with E-state index in [1.54, 1.807) is 19.2 Å². The number of benzene rings is 2. The van der Waals surface area contributed by atoms with Gasteiger partial charge in [0.25, 0.3) is 5.91 Å². The maximum atomic E-state index is 12.8. The SMILES string of the molecule is C=C(C)COc1cccc(C(=O)N[C@H](CC(C)C)c2ccc(OC)cc2)c1. The molecule has 2 rings (SSSR count). The largest absolute Gasteiger partial charge is 0.497 e. The van der Waals surface area contributed by atoms with Crippen LogP contribution >= 0.6 is 0 Å². The van der Waals surface area contributed by atoms with Gasteiger partial charge < -0.3 is 14.8 Å². The average molecular weight is 367 g/mol. The molecule has 0 aromatic heterocycles. The van der Waals surface area contributed by atoms with E-state index in [0.29, 0.717) is 23.8 Å². The van der Waals surface area contributed by atoms with E-state index in [4.69, 9.17) is 9.47 Å². The van der Waals surface area contributed by atoms with Crippen molar-refractivity contribution in [2.45, 2.75) is 33.2 Å². The van der Waals surface area contributed by atoms with Gasteiger partial charge in [0.1, 0.15) is 18.1 Å². The number of rotatable bonds is 9. The number of hydrogen-bond acceptors (Lipinski definition) is 3. The highest BCUT2D eigenvalue weighted by molar-refractivity contribution is 5.94. The lowest BCUT2D eigenvalue weighted by atomic mass is 9.96. The molecule has 4 nitrogen and oxygen atoms in total. The first-order chi connectivity index (χ1) is 12.9. The van der Waals surface area contributed by atoms with Gasteiger partial charge in [-0.1, -0.05) is 38.6 Å². The molecule has 0 spiro atoms. The Morgan fingerprint density at radius 2 is 1.81 bits per heavy atom. The van der Waals surface area contributed by atoms with Crippen LogP contribution in [0.25, 0.3) is 0 Å². The molecule has 0 bridgehead atoms. The summed E-state index contributed by atoms with van der Waals surface area (Å²) in [6.45, 7) is 10.5. The molecule has 1 atom stereocenters. The van der Waals surface area contributed by atoms with E-state index in [1.807, 2.05) is 43.3 Å². The fraction of sp³-hybridized carbons (Fsp3) is 0.348. The van der Waals surface area contributed by atoms with Gasteiger partial charge in [-0.2, -0.15) is 0 Å². The van der Waals surface area contributed by atoms with Crippen molar-refractivity contribution in [2.24, 2.45) is 5.92 Å². The highest BCUT2D eigenvalue weighted by Gasteiger charge is 2.18. The van der Waals surface area contributed by atoms with E-state index in [0.717, 1.165) is 23.3 Å². The normalized spacial score (nSPS) is 11.7. The Morgan fingerprint density at radius 3 is 2.41 bits per heavy atom. The molecule has 0 aliphatic rings. The van der Waals surface area contributed by atoms with Crippen molar-refractivity contribution < 1.29 is 14.3 Å². The number of amides is 1. The van der Waals surface area contributed by atoms with Crippen LogP contribution in [0.15, 0.2) is 60.7 Å². The summed E-state index contributed by atoms with van der Waals surface area (Å²) in [6.07, 6.45) is 0.851. The summed E-state index contributed by atoms with van der Waals surface area (Å²) in [6, 6.07) is 15.0. The van der Waals surface area contributed by atoms with E-state index in [9.17, 15) is 4.79 Å². The summed E-state index contributed by atoms with van der Waals surface area (Å²) in [5, 5.41) is 3.16. The molecule has 0 heterocycles. The minimum absolute atomic E-state index is 0.0663. The topological polar surface area (TPSA) is 47.6 Å². The third-order valence-electron chi connectivity index (χ3n) is 4.11. The van der Waals surface area contributed by atoms with Gasteiger partial charge in [-0.15, -0.1) is 0 Å². The Bertz CT molecular complexity index is 765. The van der Waals surface area contributed by atoms with Gasteiger partial charge in [-0.25, -0.2) is 0 Å². The maximum Gasteiger partial charge on any atom is 0.251 e. The summed E-state index contributed by atoms with van der Waals surface area (Å²) >= 11 is 0. The maximum absolute atomic E-state index is 12.8. The van der Waals surface area contributed by atoms with Crippen LogP contribution in [0.5, 0.6) is 11.5 Å². The van der Waals surface area contributed by atoms with Crippen LogP contribution in [0, 0.1) is 5.92 Å². The summed E-state index contributed by atoms with van der Waals surface area (Å²) in [4.78, 5) is 12.8. The van der Waals surface area contributed by atoms with Crippen molar-refractivity contribution >= 4 is 5.91 Å². The van der Waals surface area contributed by atoms with Crippen molar-refractivity contribution in [3.8, 4) is 11.5 Å². The van der Waals surface area contributed by atoms with Crippen molar-refractivity contribution in [1.29, 1.82) is 0 Å². The van der Waals surface area contributed by atoms with Gasteiger partial charge in [0.2, 0.25) is 0 Å². The average Bonchev–Trinajstić information content (AvgIpc) is 2.65. The first kappa shape index (κ1) is 20.6. The molecule has 2 aromatic rings. The highest BCUT2D eigenvalue weighted by Crippen LogP contribution is 2.24. The minimum atomic E-state index is -0.114. The van der Waals surface area contributed by atoms with Gasteiger partial charge in [-0.3, -0.25) is 4.79 Å². The first-order valence-corrected chi connectivity index (χ1v) is 9.21. The second-order valence-electron chi connectivity index (χ2n) is 7.20. The van der Waals surface area contributed by atoms with Crippen molar-refractivity contribution in [1.82, 2.24) is 5.32 Å². The van der Waals surface area contributed by atoms with Crippen molar-refractivity contribution in [2.75, 3.05) is 13.7 Å². The lowest BCUT2D eigenvalue weighted by Gasteiger charge is -2.21. The minimum Gasteiger partial charge on any atom is -0.497 e. The van der Waals surface area contributed by atoms with Gasteiger partial charge in [0.05, 0.1) is 13.2 Å². The number of carbonyl (C=O) groups excluding carboxylic acids is 1. The molecular weight excluding hydrogens is 338 g/mol. The zero-order valence-corrected chi connectivity index (χ0v) is 16.6. The van der Waals surface area contributed by atoms with Crippen LogP contribution in [0.1, 0.15) is 49.2 Å². The summed E-state index contributed by atoms with van der Waals surface area (Å²) < 4.78 is 10.9. The molecule has 0 saturated heterocycles. The molecule has 144 valence electrons. The number of ether oxygens (including phenoxy) is 2. The third-order valence-corrected chi connectivity index (χ3v) is 4.11. The van der Waals surface area contributed by atoms with Crippen LogP contribution in [0.2, 0.25) is 0 Å². The van der Waals surface area contributed by atoms with E-state index in [1.165, 1.54) is 0 Å². The molecule has 2 aromatic carbocycles. The molecule has 0 aliphatic carbocycles. The summed E-state index contributed by atoms with van der Waals surface area (Å²) in [5.74, 6) is 1.80. The first-order valence-electron chi connectivity index (χ1n) is 9.21. The molecule has 1 N–H and O–H groups in total. The highest BCUT2D eigenvalue weighted by atomic mass is 16.5. The quantitative estimate of drug-likeness (QED) is 0.622. The van der Waals surface area contributed by atoms with Gasteiger partial charge >= 0.3 is 0 Å². The Morgan fingerprint density at radius 1 is 1.11 bits per heavy atom. The van der Waals surface area contributed by atoms with Crippen LogP contribution < -0.4 is 14.8 Å². The predicted octanol–water partition coefficient (Wildman–Crippen LogP) is 5.17. The van der Waals surface area contributed by atoms with E-state index in [-0.39, 0.29) is 11.9 Å². The number of carbonyl (C=O) groups is 1.